The standard InChI is InChI=1S/C27H26N4O4/c1-17(18-5-3-2-4-6-18)13-14-34-21-10-7-19(8-11-21)27(33)30-20-9-12-24-22(15-20)23(32)16-25(35-24)26(28)31-29/h2-12,15-17H,13-14,29H2,1H3,(H2,28,31)(H,30,33). The van der Waals surface area contributed by atoms with E-state index in [1.165, 1.54) is 17.7 Å². The Morgan fingerprint density at radius 3 is 2.51 bits per heavy atom. The van der Waals surface area contributed by atoms with Gasteiger partial charge in [0.05, 0.1) is 12.0 Å². The number of amides is 1. The molecular weight excluding hydrogens is 444 g/mol. The maximum absolute atomic E-state index is 12.7. The first-order chi connectivity index (χ1) is 16.9. The molecule has 35 heavy (non-hydrogen) atoms. The molecule has 0 aliphatic rings. The number of hydrazine groups is 1. The van der Waals surface area contributed by atoms with Gasteiger partial charge in [-0.05, 0) is 60.4 Å². The minimum absolute atomic E-state index is 0.0265. The van der Waals surface area contributed by atoms with E-state index in [-0.39, 0.29) is 33.9 Å². The van der Waals surface area contributed by atoms with Gasteiger partial charge < -0.3 is 19.9 Å². The largest absolute Gasteiger partial charge is 0.494 e. The summed E-state index contributed by atoms with van der Waals surface area (Å²) in [7, 11) is 0. The third-order valence-corrected chi connectivity index (χ3v) is 5.68. The number of anilines is 1. The minimum Gasteiger partial charge on any atom is -0.494 e. The summed E-state index contributed by atoms with van der Waals surface area (Å²) in [5.74, 6) is 5.79. The van der Waals surface area contributed by atoms with Crippen LogP contribution in [0.4, 0.5) is 5.69 Å². The number of nitrogens with two attached hydrogens (primary N) is 1. The number of benzene rings is 3. The van der Waals surface area contributed by atoms with Crippen LogP contribution in [0.3, 0.4) is 0 Å². The molecule has 0 saturated heterocycles. The number of amidine groups is 1. The topological polar surface area (TPSA) is 130 Å². The molecule has 4 rings (SSSR count). The van der Waals surface area contributed by atoms with Gasteiger partial charge in [0, 0.05) is 17.3 Å². The second-order valence-corrected chi connectivity index (χ2v) is 8.13. The summed E-state index contributed by atoms with van der Waals surface area (Å²) < 4.78 is 11.4. The Bertz CT molecular complexity index is 1400. The number of nitrogens with one attached hydrogen (secondary N) is 3. The van der Waals surface area contributed by atoms with Crippen LogP contribution in [0.25, 0.3) is 11.0 Å². The zero-order chi connectivity index (χ0) is 24.8. The Labute approximate surface area is 202 Å². The van der Waals surface area contributed by atoms with Crippen LogP contribution in [0, 0.1) is 5.41 Å². The molecule has 1 unspecified atom stereocenters. The Kier molecular flexibility index (Phi) is 7.23. The highest BCUT2D eigenvalue weighted by atomic mass is 16.5. The van der Waals surface area contributed by atoms with E-state index >= 15 is 0 Å². The fourth-order valence-corrected chi connectivity index (χ4v) is 3.64. The third kappa shape index (κ3) is 5.74. The number of hydrogen-bond acceptors (Lipinski definition) is 6. The molecule has 0 aliphatic heterocycles. The lowest BCUT2D eigenvalue weighted by Crippen LogP contribution is -2.30. The highest BCUT2D eigenvalue weighted by Gasteiger charge is 2.12. The molecule has 1 aromatic heterocycles. The lowest BCUT2D eigenvalue weighted by Gasteiger charge is -2.13. The highest BCUT2D eigenvalue weighted by molar-refractivity contribution is 6.05. The number of rotatable bonds is 8. The van der Waals surface area contributed by atoms with Gasteiger partial charge in [-0.15, -0.1) is 0 Å². The molecule has 0 spiro atoms. The van der Waals surface area contributed by atoms with Crippen molar-refractivity contribution in [1.82, 2.24) is 5.43 Å². The van der Waals surface area contributed by atoms with E-state index in [2.05, 4.69) is 29.8 Å². The van der Waals surface area contributed by atoms with Crippen LogP contribution >= 0.6 is 0 Å². The Morgan fingerprint density at radius 2 is 1.80 bits per heavy atom. The normalized spacial score (nSPS) is 11.6. The smallest absolute Gasteiger partial charge is 0.255 e. The summed E-state index contributed by atoms with van der Waals surface area (Å²) in [6.45, 7) is 2.74. The summed E-state index contributed by atoms with van der Waals surface area (Å²) >= 11 is 0. The van der Waals surface area contributed by atoms with Crippen molar-refractivity contribution in [2.75, 3.05) is 11.9 Å². The fraction of sp³-hybridized carbons (Fsp3) is 0.148. The van der Waals surface area contributed by atoms with Crippen molar-refractivity contribution in [3.63, 3.8) is 0 Å². The fourth-order valence-electron chi connectivity index (χ4n) is 3.64. The first kappa shape index (κ1) is 23.7. The summed E-state index contributed by atoms with van der Waals surface area (Å²) in [6.07, 6.45) is 0.883. The molecule has 3 aromatic carbocycles. The van der Waals surface area contributed by atoms with Gasteiger partial charge in [0.2, 0.25) is 0 Å². The average Bonchev–Trinajstić information content (AvgIpc) is 2.89. The maximum Gasteiger partial charge on any atom is 0.255 e. The summed E-state index contributed by atoms with van der Waals surface area (Å²) in [5.41, 5.74) is 4.27. The van der Waals surface area contributed by atoms with Gasteiger partial charge in [-0.25, -0.2) is 5.84 Å². The minimum atomic E-state index is -0.347. The van der Waals surface area contributed by atoms with E-state index in [0.29, 0.717) is 29.5 Å². The van der Waals surface area contributed by atoms with Gasteiger partial charge in [-0.3, -0.25) is 15.0 Å². The molecule has 0 aliphatic carbocycles. The molecule has 8 nitrogen and oxygen atoms in total. The van der Waals surface area contributed by atoms with E-state index in [4.69, 9.17) is 20.4 Å². The van der Waals surface area contributed by atoms with E-state index < -0.39 is 0 Å². The van der Waals surface area contributed by atoms with Gasteiger partial charge in [0.25, 0.3) is 5.91 Å². The molecule has 1 heterocycles. The van der Waals surface area contributed by atoms with Crippen LogP contribution in [0.2, 0.25) is 0 Å². The lowest BCUT2D eigenvalue weighted by atomic mass is 9.98. The number of hydrogen-bond donors (Lipinski definition) is 4. The number of carbonyl (C=O) groups excluding carboxylic acids is 1. The van der Waals surface area contributed by atoms with Crippen LogP contribution < -0.4 is 26.8 Å². The summed E-state index contributed by atoms with van der Waals surface area (Å²) in [4.78, 5) is 25.1. The number of ether oxygens (including phenoxy) is 1. The third-order valence-electron chi connectivity index (χ3n) is 5.68. The van der Waals surface area contributed by atoms with Crippen molar-refractivity contribution in [2.24, 2.45) is 5.84 Å². The second kappa shape index (κ2) is 10.7. The summed E-state index contributed by atoms with van der Waals surface area (Å²) in [5, 5.41) is 10.7. The van der Waals surface area contributed by atoms with Crippen molar-refractivity contribution in [1.29, 1.82) is 5.41 Å². The monoisotopic (exact) mass is 470 g/mol. The number of carbonyl (C=O) groups is 1. The van der Waals surface area contributed by atoms with Gasteiger partial charge in [0.1, 0.15) is 11.3 Å². The van der Waals surface area contributed by atoms with Crippen molar-refractivity contribution in [3.05, 3.63) is 106 Å². The Balaban J connectivity index is 1.37. The van der Waals surface area contributed by atoms with Crippen LogP contribution in [0.15, 0.2) is 88.1 Å². The van der Waals surface area contributed by atoms with Crippen molar-refractivity contribution >= 4 is 28.4 Å². The van der Waals surface area contributed by atoms with Gasteiger partial charge in [0.15, 0.2) is 17.0 Å². The quantitative estimate of drug-likeness (QED) is 0.131. The lowest BCUT2D eigenvalue weighted by molar-refractivity contribution is 0.102. The van der Waals surface area contributed by atoms with E-state index in [1.807, 2.05) is 18.2 Å². The molecule has 1 atom stereocenters. The molecule has 1 amide bonds. The molecule has 0 saturated carbocycles. The van der Waals surface area contributed by atoms with Crippen LogP contribution in [0.1, 0.15) is 40.9 Å². The average molecular weight is 471 g/mol. The summed E-state index contributed by atoms with van der Waals surface area (Å²) in [6, 6.07) is 23.1. The Morgan fingerprint density at radius 1 is 1.06 bits per heavy atom. The molecule has 4 aromatic rings. The van der Waals surface area contributed by atoms with E-state index in [0.717, 1.165) is 6.42 Å². The molecular formula is C27H26N4O4. The van der Waals surface area contributed by atoms with Gasteiger partial charge in [-0.2, -0.15) is 0 Å². The molecule has 0 fully saturated rings. The molecule has 0 radical (unpaired) electrons. The van der Waals surface area contributed by atoms with Gasteiger partial charge >= 0.3 is 0 Å². The predicted molar refractivity (Wildman–Crippen MR) is 136 cm³/mol. The van der Waals surface area contributed by atoms with E-state index in [9.17, 15) is 9.59 Å². The highest BCUT2D eigenvalue weighted by Crippen LogP contribution is 2.21. The van der Waals surface area contributed by atoms with Crippen molar-refractivity contribution in [3.8, 4) is 5.75 Å². The van der Waals surface area contributed by atoms with Gasteiger partial charge in [-0.1, -0.05) is 37.3 Å². The van der Waals surface area contributed by atoms with Crippen LogP contribution in [-0.4, -0.2) is 18.3 Å². The molecule has 5 N–H and O–H groups in total. The molecule has 8 heteroatoms. The zero-order valence-electron chi connectivity index (χ0n) is 19.2. The Hall–Kier alpha value is -4.43. The maximum atomic E-state index is 12.7. The number of fused-ring (bicyclic) bond motifs is 1. The van der Waals surface area contributed by atoms with E-state index in [1.54, 1.807) is 36.4 Å². The van der Waals surface area contributed by atoms with Crippen LogP contribution in [-0.2, 0) is 0 Å². The zero-order valence-corrected chi connectivity index (χ0v) is 19.2. The predicted octanol–water partition coefficient (Wildman–Crippen LogP) is 4.41. The molecule has 0 bridgehead atoms. The first-order valence-electron chi connectivity index (χ1n) is 11.2. The van der Waals surface area contributed by atoms with Crippen molar-refractivity contribution < 1.29 is 13.9 Å². The molecule has 178 valence electrons. The second-order valence-electron chi connectivity index (χ2n) is 8.13. The van der Waals surface area contributed by atoms with Crippen molar-refractivity contribution in [2.45, 2.75) is 19.3 Å². The first-order valence-corrected chi connectivity index (χ1v) is 11.2. The SMILES string of the molecule is CC(CCOc1ccc(C(=O)Nc2ccc3oc(C(=N)NN)cc(=O)c3c2)cc1)c1ccccc1. The van der Waals surface area contributed by atoms with Crippen LogP contribution in [0.5, 0.6) is 5.75 Å².